The van der Waals surface area contributed by atoms with Gasteiger partial charge in [-0.25, -0.2) is 0 Å². The van der Waals surface area contributed by atoms with Gasteiger partial charge in [-0.2, -0.15) is 0 Å². The quantitative estimate of drug-likeness (QED) is 0.192. The molecule has 0 bridgehead atoms. The number of benzene rings is 4. The second-order valence-corrected chi connectivity index (χ2v) is 10.6. The minimum Gasteiger partial charge on any atom is -0.493 e. The largest absolute Gasteiger partial charge is 0.493 e. The zero-order chi connectivity index (χ0) is 28.7. The van der Waals surface area contributed by atoms with Crippen molar-refractivity contribution in [3.8, 4) is 11.5 Å². The van der Waals surface area contributed by atoms with Crippen LogP contribution >= 0.6 is 0 Å². The highest BCUT2D eigenvalue weighted by atomic mass is 16.5. The lowest BCUT2D eigenvalue weighted by Gasteiger charge is -2.29. The van der Waals surface area contributed by atoms with E-state index >= 15 is 0 Å². The van der Waals surface area contributed by atoms with E-state index in [0.717, 1.165) is 34.1 Å². The number of ether oxygens (including phenoxy) is 3. The number of hydrogen-bond donors (Lipinski definition) is 0. The highest BCUT2D eigenvalue weighted by Crippen LogP contribution is 2.39. The lowest BCUT2D eigenvalue weighted by atomic mass is 9.87. The van der Waals surface area contributed by atoms with Crippen molar-refractivity contribution in [2.45, 2.75) is 25.5 Å². The van der Waals surface area contributed by atoms with Gasteiger partial charge >= 0.3 is 0 Å². The number of methoxy groups -OCH3 is 1. The Bertz CT molecular complexity index is 1620. The molecule has 6 nitrogen and oxygen atoms in total. The van der Waals surface area contributed by atoms with Gasteiger partial charge in [0.15, 0.2) is 11.5 Å². The fourth-order valence-electron chi connectivity index (χ4n) is 5.75. The minimum absolute atomic E-state index is 0.130. The van der Waals surface area contributed by atoms with E-state index in [4.69, 9.17) is 14.2 Å². The molecule has 1 saturated heterocycles. The monoisotopic (exact) mass is 560 g/mol. The number of carbonyl (C=O) groups excluding carboxylic acids is 1. The Labute approximate surface area is 247 Å². The van der Waals surface area contributed by atoms with E-state index < -0.39 is 0 Å². The van der Waals surface area contributed by atoms with Crippen LogP contribution in [0.4, 0.5) is 0 Å². The fourth-order valence-corrected chi connectivity index (χ4v) is 5.75. The first-order valence-corrected chi connectivity index (χ1v) is 14.5. The number of morpholine rings is 1. The molecular formula is C36H36N2O4. The Morgan fingerprint density at radius 3 is 2.26 bits per heavy atom. The molecule has 214 valence electrons. The molecule has 1 aliphatic heterocycles. The molecule has 1 aromatic heterocycles. The van der Waals surface area contributed by atoms with Gasteiger partial charge in [0.05, 0.1) is 20.3 Å². The van der Waals surface area contributed by atoms with Crippen LogP contribution < -0.4 is 9.47 Å². The van der Waals surface area contributed by atoms with Crippen molar-refractivity contribution < 1.29 is 19.0 Å². The van der Waals surface area contributed by atoms with Gasteiger partial charge in [0.25, 0.3) is 0 Å². The molecule has 0 aliphatic carbocycles. The van der Waals surface area contributed by atoms with Gasteiger partial charge in [0, 0.05) is 49.1 Å². The molecule has 0 N–H and O–H groups in total. The van der Waals surface area contributed by atoms with Gasteiger partial charge in [0.2, 0.25) is 5.91 Å². The highest BCUT2D eigenvalue weighted by Gasteiger charge is 2.27. The summed E-state index contributed by atoms with van der Waals surface area (Å²) in [5.41, 5.74) is 5.60. The minimum atomic E-state index is -0.174. The number of nitrogens with zero attached hydrogens (tertiary/aromatic N) is 2. The number of aromatic nitrogens is 1. The number of carbonyl (C=O) groups is 1. The predicted octanol–water partition coefficient (Wildman–Crippen LogP) is 6.66. The van der Waals surface area contributed by atoms with E-state index in [9.17, 15) is 4.79 Å². The summed E-state index contributed by atoms with van der Waals surface area (Å²) in [6, 6.07) is 35.1. The Morgan fingerprint density at radius 2 is 1.52 bits per heavy atom. The second kappa shape index (κ2) is 13.0. The van der Waals surface area contributed by atoms with Crippen LogP contribution in [0, 0.1) is 0 Å². The zero-order valence-electron chi connectivity index (χ0n) is 23.9. The SMILES string of the molecule is COc1ccc([C@H](CC(=O)N2CCOCC2)c2cn(Cc3ccccc3)c3ccccc23)cc1OCc1ccccc1. The summed E-state index contributed by atoms with van der Waals surface area (Å²) in [5.74, 6) is 1.29. The average Bonchev–Trinajstić information content (AvgIpc) is 3.41. The maximum absolute atomic E-state index is 13.7. The van der Waals surface area contributed by atoms with Gasteiger partial charge in [-0.05, 0) is 40.5 Å². The lowest BCUT2D eigenvalue weighted by molar-refractivity contribution is -0.135. The van der Waals surface area contributed by atoms with Crippen LogP contribution in [0.5, 0.6) is 11.5 Å². The van der Waals surface area contributed by atoms with Crippen LogP contribution in [0.1, 0.15) is 34.6 Å². The number of rotatable bonds is 10. The third-order valence-electron chi connectivity index (χ3n) is 7.96. The highest BCUT2D eigenvalue weighted by molar-refractivity contribution is 5.87. The summed E-state index contributed by atoms with van der Waals surface area (Å²) in [5, 5.41) is 1.15. The van der Waals surface area contributed by atoms with Crippen molar-refractivity contribution >= 4 is 16.8 Å². The number of para-hydroxylation sites is 1. The third-order valence-corrected chi connectivity index (χ3v) is 7.96. The summed E-state index contributed by atoms with van der Waals surface area (Å²) in [6.45, 7) is 3.57. The average molecular weight is 561 g/mol. The molecule has 6 rings (SSSR count). The predicted molar refractivity (Wildman–Crippen MR) is 165 cm³/mol. The molecule has 4 aromatic carbocycles. The van der Waals surface area contributed by atoms with Gasteiger partial charge < -0.3 is 23.7 Å². The molecule has 1 aliphatic rings. The molecule has 0 unspecified atom stereocenters. The van der Waals surface area contributed by atoms with E-state index in [2.05, 4.69) is 65.4 Å². The molecule has 6 heteroatoms. The van der Waals surface area contributed by atoms with Crippen molar-refractivity contribution in [3.63, 3.8) is 0 Å². The van der Waals surface area contributed by atoms with Crippen LogP contribution in [0.3, 0.4) is 0 Å². The fraction of sp³-hybridized carbons (Fsp3) is 0.250. The molecule has 2 heterocycles. The van der Waals surface area contributed by atoms with Gasteiger partial charge in [-0.15, -0.1) is 0 Å². The lowest BCUT2D eigenvalue weighted by Crippen LogP contribution is -2.41. The summed E-state index contributed by atoms with van der Waals surface area (Å²) in [6.07, 6.45) is 2.58. The molecule has 5 aromatic rings. The Balaban J connectivity index is 1.40. The van der Waals surface area contributed by atoms with E-state index in [1.807, 2.05) is 53.4 Å². The topological polar surface area (TPSA) is 52.9 Å². The van der Waals surface area contributed by atoms with Gasteiger partial charge in [-0.3, -0.25) is 4.79 Å². The first kappa shape index (κ1) is 27.6. The Hall–Kier alpha value is -4.55. The van der Waals surface area contributed by atoms with Gasteiger partial charge in [0.1, 0.15) is 6.61 Å². The molecule has 1 fully saturated rings. The van der Waals surface area contributed by atoms with E-state index in [0.29, 0.717) is 50.8 Å². The van der Waals surface area contributed by atoms with Gasteiger partial charge in [-0.1, -0.05) is 84.9 Å². The normalized spacial score (nSPS) is 14.1. The number of amides is 1. The van der Waals surface area contributed by atoms with Crippen LogP contribution in [-0.2, 0) is 22.7 Å². The smallest absolute Gasteiger partial charge is 0.223 e. The molecular weight excluding hydrogens is 524 g/mol. The maximum atomic E-state index is 13.7. The third kappa shape index (κ3) is 6.19. The molecule has 0 spiro atoms. The first-order chi connectivity index (χ1) is 20.7. The molecule has 1 amide bonds. The van der Waals surface area contributed by atoms with E-state index in [1.54, 1.807) is 7.11 Å². The van der Waals surface area contributed by atoms with E-state index in [-0.39, 0.29) is 11.8 Å². The Kier molecular flexibility index (Phi) is 8.52. The van der Waals surface area contributed by atoms with Crippen LogP contribution in [0.2, 0.25) is 0 Å². The van der Waals surface area contributed by atoms with Crippen molar-refractivity contribution in [1.82, 2.24) is 9.47 Å². The Morgan fingerprint density at radius 1 is 0.833 bits per heavy atom. The maximum Gasteiger partial charge on any atom is 0.223 e. The summed E-state index contributed by atoms with van der Waals surface area (Å²) >= 11 is 0. The molecule has 1 atom stereocenters. The number of fused-ring (bicyclic) bond motifs is 1. The zero-order valence-corrected chi connectivity index (χ0v) is 23.9. The van der Waals surface area contributed by atoms with E-state index in [1.165, 1.54) is 5.56 Å². The number of hydrogen-bond acceptors (Lipinski definition) is 4. The van der Waals surface area contributed by atoms with Crippen LogP contribution in [-0.4, -0.2) is 48.8 Å². The molecule has 0 saturated carbocycles. The summed E-state index contributed by atoms with van der Waals surface area (Å²) in [4.78, 5) is 15.6. The second-order valence-electron chi connectivity index (χ2n) is 10.6. The summed E-state index contributed by atoms with van der Waals surface area (Å²) in [7, 11) is 1.65. The van der Waals surface area contributed by atoms with Crippen molar-refractivity contribution in [2.75, 3.05) is 33.4 Å². The molecule has 0 radical (unpaired) electrons. The first-order valence-electron chi connectivity index (χ1n) is 14.5. The van der Waals surface area contributed by atoms with Crippen molar-refractivity contribution in [3.05, 3.63) is 132 Å². The standard InChI is InChI=1S/C36H36N2O4/c1-40-34-17-16-29(22-35(34)42-26-28-12-6-3-7-13-28)31(23-36(39)37-18-20-41-21-19-37)32-25-38(24-27-10-4-2-5-11-27)33-15-9-8-14-30(32)33/h2-17,22,25,31H,18-21,23-24,26H2,1H3/t31-/m0/s1. The van der Waals surface area contributed by atoms with Crippen molar-refractivity contribution in [1.29, 1.82) is 0 Å². The van der Waals surface area contributed by atoms with Crippen LogP contribution in [0.15, 0.2) is 109 Å². The van der Waals surface area contributed by atoms with Crippen molar-refractivity contribution in [2.24, 2.45) is 0 Å². The molecule has 42 heavy (non-hydrogen) atoms. The summed E-state index contributed by atoms with van der Waals surface area (Å²) < 4.78 is 19.8. The van der Waals surface area contributed by atoms with Crippen LogP contribution in [0.25, 0.3) is 10.9 Å².